The van der Waals surface area contributed by atoms with Crippen LogP contribution >= 0.6 is 0 Å². The van der Waals surface area contributed by atoms with Gasteiger partial charge < -0.3 is 9.47 Å². The molecule has 0 heterocycles. The summed E-state index contributed by atoms with van der Waals surface area (Å²) in [7, 11) is 0. The highest BCUT2D eigenvalue weighted by molar-refractivity contribution is 4.85. The number of hydrogen-bond acceptors (Lipinski definition) is 2. The highest BCUT2D eigenvalue weighted by Gasteiger charge is 2.35. The first-order valence-electron chi connectivity index (χ1n) is 9.88. The molecule has 2 aliphatic rings. The van der Waals surface area contributed by atoms with Crippen LogP contribution in [0.1, 0.15) is 79.1 Å². The lowest BCUT2D eigenvalue weighted by Gasteiger charge is -2.40. The minimum Gasteiger partial charge on any atom is -0.378 e. The average molecular weight is 311 g/mol. The SMILES string of the molecule is CCCC1CCC(COC2CCC(OCC)C(C)C2C)CC1. The molecule has 0 aromatic heterocycles. The van der Waals surface area contributed by atoms with E-state index in [1.807, 2.05) is 0 Å². The summed E-state index contributed by atoms with van der Waals surface area (Å²) in [5.74, 6) is 3.07. The molecule has 0 aromatic rings. The Labute approximate surface area is 138 Å². The summed E-state index contributed by atoms with van der Waals surface area (Å²) < 4.78 is 12.3. The largest absolute Gasteiger partial charge is 0.378 e. The third-order valence-corrected chi connectivity index (χ3v) is 6.33. The molecule has 4 unspecified atom stereocenters. The van der Waals surface area contributed by atoms with Crippen molar-refractivity contribution in [2.75, 3.05) is 13.2 Å². The summed E-state index contributed by atoms with van der Waals surface area (Å²) in [6, 6.07) is 0. The van der Waals surface area contributed by atoms with Crippen molar-refractivity contribution in [3.8, 4) is 0 Å². The molecule has 2 rings (SSSR count). The zero-order valence-corrected chi connectivity index (χ0v) is 15.4. The highest BCUT2D eigenvalue weighted by atomic mass is 16.5. The third-order valence-electron chi connectivity index (χ3n) is 6.33. The summed E-state index contributed by atoms with van der Waals surface area (Å²) >= 11 is 0. The van der Waals surface area contributed by atoms with Crippen LogP contribution in [0.25, 0.3) is 0 Å². The predicted octanol–water partition coefficient (Wildman–Crippen LogP) is 5.45. The summed E-state index contributed by atoms with van der Waals surface area (Å²) in [6.45, 7) is 11.0. The van der Waals surface area contributed by atoms with Gasteiger partial charge >= 0.3 is 0 Å². The van der Waals surface area contributed by atoms with Crippen molar-refractivity contribution in [3.05, 3.63) is 0 Å². The molecular weight excluding hydrogens is 272 g/mol. The van der Waals surface area contributed by atoms with E-state index in [9.17, 15) is 0 Å². The lowest BCUT2D eigenvalue weighted by molar-refractivity contribution is -0.0970. The lowest BCUT2D eigenvalue weighted by atomic mass is 9.77. The summed E-state index contributed by atoms with van der Waals surface area (Å²) in [5, 5.41) is 0. The second-order valence-electron chi connectivity index (χ2n) is 7.84. The molecule has 2 aliphatic carbocycles. The van der Waals surface area contributed by atoms with Crippen LogP contribution in [0.5, 0.6) is 0 Å². The van der Waals surface area contributed by atoms with E-state index in [1.54, 1.807) is 0 Å². The fourth-order valence-electron chi connectivity index (χ4n) is 4.57. The van der Waals surface area contributed by atoms with E-state index in [1.165, 1.54) is 51.4 Å². The van der Waals surface area contributed by atoms with Gasteiger partial charge in [-0.25, -0.2) is 0 Å². The van der Waals surface area contributed by atoms with E-state index >= 15 is 0 Å². The molecule has 2 heteroatoms. The van der Waals surface area contributed by atoms with Gasteiger partial charge in [-0.2, -0.15) is 0 Å². The van der Waals surface area contributed by atoms with Crippen molar-refractivity contribution in [2.24, 2.45) is 23.7 Å². The molecule has 0 amide bonds. The normalized spacial score (nSPS) is 39.8. The molecule has 2 saturated carbocycles. The summed E-state index contributed by atoms with van der Waals surface area (Å²) in [5.41, 5.74) is 0. The zero-order valence-electron chi connectivity index (χ0n) is 15.4. The molecule has 0 N–H and O–H groups in total. The quantitative estimate of drug-likeness (QED) is 0.622. The highest BCUT2D eigenvalue weighted by Crippen LogP contribution is 2.36. The van der Waals surface area contributed by atoms with Gasteiger partial charge in [0, 0.05) is 13.2 Å². The molecule has 130 valence electrons. The summed E-state index contributed by atoms with van der Waals surface area (Å²) in [4.78, 5) is 0. The molecule has 2 fully saturated rings. The lowest BCUT2D eigenvalue weighted by Crippen LogP contribution is -2.41. The van der Waals surface area contributed by atoms with Gasteiger partial charge in [0.1, 0.15) is 0 Å². The number of rotatable bonds is 7. The Bertz CT molecular complexity index is 296. The van der Waals surface area contributed by atoms with Gasteiger partial charge in [-0.1, -0.05) is 46.5 Å². The first-order chi connectivity index (χ1) is 10.7. The van der Waals surface area contributed by atoms with E-state index in [0.717, 1.165) is 25.0 Å². The first kappa shape index (κ1) is 18.3. The van der Waals surface area contributed by atoms with Crippen LogP contribution in [-0.4, -0.2) is 25.4 Å². The van der Waals surface area contributed by atoms with Crippen molar-refractivity contribution < 1.29 is 9.47 Å². The summed E-state index contributed by atoms with van der Waals surface area (Å²) in [6.07, 6.45) is 11.7. The fraction of sp³-hybridized carbons (Fsp3) is 1.00. The van der Waals surface area contributed by atoms with E-state index in [0.29, 0.717) is 24.0 Å². The van der Waals surface area contributed by atoms with Crippen LogP contribution < -0.4 is 0 Å². The van der Waals surface area contributed by atoms with E-state index in [2.05, 4.69) is 27.7 Å². The molecule has 0 aromatic carbocycles. The molecular formula is C20H38O2. The molecule has 0 bridgehead atoms. The molecule has 0 aliphatic heterocycles. The third kappa shape index (κ3) is 4.96. The van der Waals surface area contributed by atoms with Gasteiger partial charge in [-0.05, 0) is 56.3 Å². The van der Waals surface area contributed by atoms with Crippen molar-refractivity contribution in [3.63, 3.8) is 0 Å². The van der Waals surface area contributed by atoms with Gasteiger partial charge in [-0.3, -0.25) is 0 Å². The standard InChI is InChI=1S/C20H38O2/c1-5-7-17-8-10-18(11-9-17)14-22-20-13-12-19(21-6-2)15(3)16(20)4/h15-20H,5-14H2,1-4H3. The Balaban J connectivity index is 1.69. The zero-order chi connectivity index (χ0) is 15.9. The second-order valence-corrected chi connectivity index (χ2v) is 7.84. The number of hydrogen-bond donors (Lipinski definition) is 0. The van der Waals surface area contributed by atoms with Crippen LogP contribution in [0, 0.1) is 23.7 Å². The van der Waals surface area contributed by atoms with Gasteiger partial charge in [0.25, 0.3) is 0 Å². The van der Waals surface area contributed by atoms with Crippen molar-refractivity contribution in [2.45, 2.75) is 91.3 Å². The maximum Gasteiger partial charge on any atom is 0.0605 e. The minimum atomic E-state index is 0.448. The van der Waals surface area contributed by atoms with Gasteiger partial charge in [0.05, 0.1) is 12.2 Å². The Morgan fingerprint density at radius 3 is 1.82 bits per heavy atom. The molecule has 22 heavy (non-hydrogen) atoms. The Morgan fingerprint density at radius 1 is 0.727 bits per heavy atom. The molecule has 2 nitrogen and oxygen atoms in total. The molecule has 0 spiro atoms. The van der Waals surface area contributed by atoms with E-state index in [4.69, 9.17) is 9.47 Å². The maximum absolute atomic E-state index is 6.37. The van der Waals surface area contributed by atoms with E-state index in [-0.39, 0.29) is 0 Å². The molecule has 0 saturated heterocycles. The minimum absolute atomic E-state index is 0.448. The Kier molecular flexibility index (Phi) is 7.70. The van der Waals surface area contributed by atoms with Crippen molar-refractivity contribution in [1.29, 1.82) is 0 Å². The predicted molar refractivity (Wildman–Crippen MR) is 93.1 cm³/mol. The van der Waals surface area contributed by atoms with Gasteiger partial charge in [-0.15, -0.1) is 0 Å². The van der Waals surface area contributed by atoms with Crippen LogP contribution in [0.2, 0.25) is 0 Å². The van der Waals surface area contributed by atoms with Crippen LogP contribution in [0.4, 0.5) is 0 Å². The van der Waals surface area contributed by atoms with E-state index < -0.39 is 0 Å². The average Bonchev–Trinajstić information content (AvgIpc) is 2.53. The van der Waals surface area contributed by atoms with Crippen molar-refractivity contribution in [1.82, 2.24) is 0 Å². The van der Waals surface area contributed by atoms with Gasteiger partial charge in [0.15, 0.2) is 0 Å². The first-order valence-corrected chi connectivity index (χ1v) is 9.88. The maximum atomic E-state index is 6.37. The Hall–Kier alpha value is -0.0800. The van der Waals surface area contributed by atoms with Crippen LogP contribution in [0.15, 0.2) is 0 Å². The smallest absolute Gasteiger partial charge is 0.0605 e. The van der Waals surface area contributed by atoms with Crippen LogP contribution in [-0.2, 0) is 9.47 Å². The monoisotopic (exact) mass is 310 g/mol. The van der Waals surface area contributed by atoms with Crippen molar-refractivity contribution >= 4 is 0 Å². The second kappa shape index (κ2) is 9.27. The number of ether oxygens (including phenoxy) is 2. The van der Waals surface area contributed by atoms with Crippen LogP contribution in [0.3, 0.4) is 0 Å². The van der Waals surface area contributed by atoms with Gasteiger partial charge in [0.2, 0.25) is 0 Å². The molecule has 0 radical (unpaired) electrons. The fourth-order valence-corrected chi connectivity index (χ4v) is 4.57. The topological polar surface area (TPSA) is 18.5 Å². The Morgan fingerprint density at radius 2 is 1.27 bits per heavy atom. The molecule has 4 atom stereocenters.